The van der Waals surface area contributed by atoms with E-state index in [1.54, 1.807) is 0 Å². The Hall–Kier alpha value is -1.96. The molecule has 0 unspecified atom stereocenters. The molecular formula is C18H23NO. The van der Waals surface area contributed by atoms with E-state index >= 15 is 0 Å². The highest BCUT2D eigenvalue weighted by molar-refractivity contribution is 5.48. The Bertz CT molecular complexity index is 508. The van der Waals surface area contributed by atoms with Crippen LogP contribution in [0.25, 0.3) is 0 Å². The van der Waals surface area contributed by atoms with Gasteiger partial charge in [0.1, 0.15) is 5.75 Å². The van der Waals surface area contributed by atoms with Gasteiger partial charge in [0, 0.05) is 18.3 Å². The first-order chi connectivity index (χ1) is 9.74. The molecule has 0 heterocycles. The number of anilines is 1. The van der Waals surface area contributed by atoms with Crippen molar-refractivity contribution in [3.05, 3.63) is 60.2 Å². The molecule has 0 saturated heterocycles. The van der Waals surface area contributed by atoms with Gasteiger partial charge in [-0.25, -0.2) is 0 Å². The lowest BCUT2D eigenvalue weighted by molar-refractivity contribution is 0.289. The number of ether oxygens (including phenoxy) is 1. The zero-order valence-electron chi connectivity index (χ0n) is 12.3. The first kappa shape index (κ1) is 14.4. The molecular weight excluding hydrogens is 246 g/mol. The van der Waals surface area contributed by atoms with Crippen molar-refractivity contribution in [2.75, 3.05) is 11.9 Å². The minimum Gasteiger partial charge on any atom is -0.494 e. The van der Waals surface area contributed by atoms with Gasteiger partial charge in [0.05, 0.1) is 6.61 Å². The van der Waals surface area contributed by atoms with E-state index in [2.05, 4.69) is 55.6 Å². The summed E-state index contributed by atoms with van der Waals surface area (Å²) in [6, 6.07) is 18.6. The predicted molar refractivity (Wildman–Crippen MR) is 85.2 cm³/mol. The molecule has 0 aliphatic carbocycles. The Balaban J connectivity index is 1.86. The second-order valence-corrected chi connectivity index (χ2v) is 5.40. The Kier molecular flexibility index (Phi) is 5.48. The van der Waals surface area contributed by atoms with Gasteiger partial charge in [-0.05, 0) is 30.0 Å². The fourth-order valence-electron chi connectivity index (χ4n) is 1.91. The molecule has 0 radical (unpaired) electrons. The molecule has 0 saturated carbocycles. The summed E-state index contributed by atoms with van der Waals surface area (Å²) in [6.45, 7) is 6.03. The summed E-state index contributed by atoms with van der Waals surface area (Å²) in [6.07, 6.45) is 1.08. The normalized spacial score (nSPS) is 10.6. The highest BCUT2D eigenvalue weighted by atomic mass is 16.5. The monoisotopic (exact) mass is 269 g/mol. The third-order valence-electron chi connectivity index (χ3n) is 3.14. The van der Waals surface area contributed by atoms with E-state index < -0.39 is 0 Å². The molecule has 0 bridgehead atoms. The molecule has 0 aliphatic rings. The molecule has 20 heavy (non-hydrogen) atoms. The van der Waals surface area contributed by atoms with Gasteiger partial charge in [-0.3, -0.25) is 0 Å². The van der Waals surface area contributed by atoms with Crippen LogP contribution in [-0.2, 0) is 6.54 Å². The molecule has 106 valence electrons. The zero-order chi connectivity index (χ0) is 14.2. The zero-order valence-corrected chi connectivity index (χ0v) is 12.3. The van der Waals surface area contributed by atoms with E-state index in [-0.39, 0.29) is 0 Å². The van der Waals surface area contributed by atoms with Gasteiger partial charge in [-0.15, -0.1) is 0 Å². The lowest BCUT2D eigenvalue weighted by atomic mass is 10.1. The van der Waals surface area contributed by atoms with Crippen LogP contribution in [0.15, 0.2) is 54.6 Å². The number of hydrogen-bond donors (Lipinski definition) is 1. The molecule has 1 N–H and O–H groups in total. The van der Waals surface area contributed by atoms with E-state index in [0.717, 1.165) is 31.0 Å². The van der Waals surface area contributed by atoms with Crippen molar-refractivity contribution in [1.29, 1.82) is 0 Å². The Morgan fingerprint density at radius 2 is 1.80 bits per heavy atom. The van der Waals surface area contributed by atoms with Crippen LogP contribution in [0.2, 0.25) is 0 Å². The summed E-state index contributed by atoms with van der Waals surface area (Å²) >= 11 is 0. The lowest BCUT2D eigenvalue weighted by Crippen LogP contribution is -2.02. The molecule has 2 rings (SSSR count). The Morgan fingerprint density at radius 1 is 1.00 bits per heavy atom. The molecule has 0 fully saturated rings. The maximum Gasteiger partial charge on any atom is 0.121 e. The average molecular weight is 269 g/mol. The van der Waals surface area contributed by atoms with Crippen LogP contribution in [0.1, 0.15) is 25.8 Å². The standard InChI is InChI=1S/C18H23NO/c1-15(2)11-12-20-18-10-6-9-17(13-18)19-14-16-7-4-3-5-8-16/h3-10,13,15,19H,11-12,14H2,1-2H3. The summed E-state index contributed by atoms with van der Waals surface area (Å²) in [5, 5.41) is 3.42. The molecule has 2 aromatic carbocycles. The molecule has 0 aliphatic heterocycles. The van der Waals surface area contributed by atoms with Gasteiger partial charge in [-0.2, -0.15) is 0 Å². The van der Waals surface area contributed by atoms with E-state index in [1.165, 1.54) is 5.56 Å². The SMILES string of the molecule is CC(C)CCOc1cccc(NCc2ccccc2)c1. The van der Waals surface area contributed by atoms with Crippen LogP contribution >= 0.6 is 0 Å². The van der Waals surface area contributed by atoms with Crippen LogP contribution in [0.5, 0.6) is 5.75 Å². The van der Waals surface area contributed by atoms with Crippen molar-refractivity contribution in [3.63, 3.8) is 0 Å². The number of hydrogen-bond acceptors (Lipinski definition) is 2. The lowest BCUT2D eigenvalue weighted by Gasteiger charge is -2.11. The summed E-state index contributed by atoms with van der Waals surface area (Å²) < 4.78 is 5.77. The highest BCUT2D eigenvalue weighted by Crippen LogP contribution is 2.18. The van der Waals surface area contributed by atoms with E-state index in [9.17, 15) is 0 Å². The van der Waals surface area contributed by atoms with Crippen molar-refractivity contribution in [2.45, 2.75) is 26.8 Å². The van der Waals surface area contributed by atoms with Crippen LogP contribution < -0.4 is 10.1 Å². The smallest absolute Gasteiger partial charge is 0.121 e. The van der Waals surface area contributed by atoms with Crippen LogP contribution in [0.3, 0.4) is 0 Å². The molecule has 0 spiro atoms. The van der Waals surface area contributed by atoms with Crippen molar-refractivity contribution in [2.24, 2.45) is 5.92 Å². The summed E-state index contributed by atoms with van der Waals surface area (Å²) in [5.41, 5.74) is 2.37. The van der Waals surface area contributed by atoms with Gasteiger partial charge in [0.25, 0.3) is 0 Å². The second-order valence-electron chi connectivity index (χ2n) is 5.40. The number of rotatable bonds is 7. The predicted octanol–water partition coefficient (Wildman–Crippen LogP) is 4.72. The van der Waals surface area contributed by atoms with Crippen molar-refractivity contribution < 1.29 is 4.74 Å². The van der Waals surface area contributed by atoms with Crippen molar-refractivity contribution >= 4 is 5.69 Å². The van der Waals surface area contributed by atoms with Gasteiger partial charge in [0.15, 0.2) is 0 Å². The summed E-state index contributed by atoms with van der Waals surface area (Å²) in [5.74, 6) is 1.61. The topological polar surface area (TPSA) is 21.3 Å². The third kappa shape index (κ3) is 4.96. The highest BCUT2D eigenvalue weighted by Gasteiger charge is 1.99. The fourth-order valence-corrected chi connectivity index (χ4v) is 1.91. The fraction of sp³-hybridized carbons (Fsp3) is 0.333. The maximum absolute atomic E-state index is 5.77. The Labute approximate surface area is 121 Å². The first-order valence-electron chi connectivity index (χ1n) is 7.24. The summed E-state index contributed by atoms with van der Waals surface area (Å²) in [4.78, 5) is 0. The minimum atomic E-state index is 0.675. The molecule has 0 atom stereocenters. The number of benzene rings is 2. The van der Waals surface area contributed by atoms with Crippen LogP contribution in [0.4, 0.5) is 5.69 Å². The molecule has 2 aromatic rings. The quantitative estimate of drug-likeness (QED) is 0.785. The number of nitrogens with one attached hydrogen (secondary N) is 1. The second kappa shape index (κ2) is 7.59. The third-order valence-corrected chi connectivity index (χ3v) is 3.14. The van der Waals surface area contributed by atoms with Gasteiger partial charge >= 0.3 is 0 Å². The van der Waals surface area contributed by atoms with Gasteiger partial charge in [0.2, 0.25) is 0 Å². The van der Waals surface area contributed by atoms with E-state index in [1.807, 2.05) is 18.2 Å². The molecule has 2 nitrogen and oxygen atoms in total. The molecule has 0 aromatic heterocycles. The van der Waals surface area contributed by atoms with E-state index in [0.29, 0.717) is 5.92 Å². The first-order valence-corrected chi connectivity index (χ1v) is 7.24. The average Bonchev–Trinajstić information content (AvgIpc) is 2.46. The van der Waals surface area contributed by atoms with Crippen molar-refractivity contribution in [1.82, 2.24) is 0 Å². The molecule has 2 heteroatoms. The molecule has 0 amide bonds. The van der Waals surface area contributed by atoms with Crippen LogP contribution in [-0.4, -0.2) is 6.61 Å². The van der Waals surface area contributed by atoms with Crippen LogP contribution in [0, 0.1) is 5.92 Å². The van der Waals surface area contributed by atoms with E-state index in [4.69, 9.17) is 4.74 Å². The van der Waals surface area contributed by atoms with Crippen molar-refractivity contribution in [3.8, 4) is 5.75 Å². The van der Waals surface area contributed by atoms with Gasteiger partial charge in [-0.1, -0.05) is 50.2 Å². The summed E-state index contributed by atoms with van der Waals surface area (Å²) in [7, 11) is 0. The maximum atomic E-state index is 5.77. The largest absolute Gasteiger partial charge is 0.494 e. The Morgan fingerprint density at radius 3 is 2.55 bits per heavy atom. The minimum absolute atomic E-state index is 0.675. The van der Waals surface area contributed by atoms with Gasteiger partial charge < -0.3 is 10.1 Å².